The highest BCUT2D eigenvalue weighted by atomic mass is 16.3. The molecule has 4 rings (SSSR count). The minimum Gasteiger partial charge on any atom is -0.455 e. The van der Waals surface area contributed by atoms with Crippen molar-refractivity contribution in [2.75, 3.05) is 0 Å². The maximum atomic E-state index is 12.9. The molecule has 3 aromatic rings. The van der Waals surface area contributed by atoms with Crippen molar-refractivity contribution in [3.8, 4) is 11.3 Å². The van der Waals surface area contributed by atoms with E-state index in [1.807, 2.05) is 30.3 Å². The first-order valence-electron chi connectivity index (χ1n) is 9.67. The fourth-order valence-electron chi connectivity index (χ4n) is 3.88. The van der Waals surface area contributed by atoms with Crippen LogP contribution < -0.4 is 10.7 Å². The van der Waals surface area contributed by atoms with Crippen molar-refractivity contribution in [2.24, 2.45) is 0 Å². The number of aliphatic hydroxyl groups excluding tert-OH is 1. The van der Waals surface area contributed by atoms with Crippen molar-refractivity contribution in [1.82, 2.24) is 5.32 Å². The Morgan fingerprint density at radius 2 is 1.82 bits per heavy atom. The number of amides is 1. The van der Waals surface area contributed by atoms with Gasteiger partial charge in [0.2, 0.25) is 0 Å². The van der Waals surface area contributed by atoms with Gasteiger partial charge in [-0.1, -0.05) is 49.2 Å². The van der Waals surface area contributed by atoms with Crippen LogP contribution in [-0.2, 0) is 0 Å². The van der Waals surface area contributed by atoms with Crippen molar-refractivity contribution < 1.29 is 14.3 Å². The number of hydrogen-bond acceptors (Lipinski definition) is 4. The van der Waals surface area contributed by atoms with Gasteiger partial charge >= 0.3 is 0 Å². The van der Waals surface area contributed by atoms with Gasteiger partial charge in [-0.25, -0.2) is 0 Å². The van der Waals surface area contributed by atoms with Crippen LogP contribution in [0.5, 0.6) is 0 Å². The van der Waals surface area contributed by atoms with Crippen LogP contribution in [-0.4, -0.2) is 23.2 Å². The molecule has 2 N–H and O–H groups in total. The number of hydrogen-bond donors (Lipinski definition) is 2. The average molecular weight is 377 g/mol. The summed E-state index contributed by atoms with van der Waals surface area (Å²) < 4.78 is 6.10. The van der Waals surface area contributed by atoms with Crippen LogP contribution in [0.3, 0.4) is 0 Å². The van der Waals surface area contributed by atoms with Crippen LogP contribution in [0.25, 0.3) is 22.3 Å². The number of carbonyl (C=O) groups excluding carboxylic acids is 1. The zero-order chi connectivity index (χ0) is 19.7. The van der Waals surface area contributed by atoms with E-state index in [0.717, 1.165) is 24.8 Å². The minimum atomic E-state index is -0.540. The Bertz CT molecular complexity index is 1070. The first-order valence-corrected chi connectivity index (χ1v) is 9.67. The van der Waals surface area contributed by atoms with Crippen molar-refractivity contribution >= 4 is 16.9 Å². The molecule has 2 atom stereocenters. The molecule has 5 nitrogen and oxygen atoms in total. The lowest BCUT2D eigenvalue weighted by Gasteiger charge is -2.28. The Morgan fingerprint density at radius 1 is 1.07 bits per heavy atom. The topological polar surface area (TPSA) is 79.5 Å². The summed E-state index contributed by atoms with van der Waals surface area (Å²) in [7, 11) is 0. The SMILES string of the molecule is Cc1c(-c2ccccc2)oc2c(C(=O)N[C@@H]3CCCC[C@H]3O)cccc2c1=O. The second kappa shape index (κ2) is 7.60. The lowest BCUT2D eigenvalue weighted by atomic mass is 9.92. The molecule has 144 valence electrons. The smallest absolute Gasteiger partial charge is 0.255 e. The molecule has 1 aromatic heterocycles. The maximum Gasteiger partial charge on any atom is 0.255 e. The summed E-state index contributed by atoms with van der Waals surface area (Å²) in [5, 5.41) is 13.5. The first-order chi connectivity index (χ1) is 13.6. The minimum absolute atomic E-state index is 0.146. The van der Waals surface area contributed by atoms with Gasteiger partial charge in [-0.05, 0) is 31.9 Å². The zero-order valence-electron chi connectivity index (χ0n) is 15.8. The Labute approximate surface area is 163 Å². The Balaban J connectivity index is 1.80. The summed E-state index contributed by atoms with van der Waals surface area (Å²) in [6, 6.07) is 14.1. The number of rotatable bonds is 3. The molecule has 1 amide bonds. The number of nitrogens with one attached hydrogen (secondary N) is 1. The van der Waals surface area contributed by atoms with E-state index >= 15 is 0 Å². The summed E-state index contributed by atoms with van der Waals surface area (Å²) >= 11 is 0. The van der Waals surface area contributed by atoms with Gasteiger partial charge in [0.15, 0.2) is 11.0 Å². The average Bonchev–Trinajstić information content (AvgIpc) is 2.72. The molecule has 0 spiro atoms. The molecular weight excluding hydrogens is 354 g/mol. The first kappa shape index (κ1) is 18.4. The van der Waals surface area contributed by atoms with Crippen LogP contribution in [0.1, 0.15) is 41.6 Å². The Kier molecular flexibility index (Phi) is 5.01. The standard InChI is InChI=1S/C23H23NO4/c1-14-20(26)16-10-7-11-17(23(27)24-18-12-5-6-13-19(18)25)22(16)28-21(14)15-8-3-2-4-9-15/h2-4,7-11,18-19,25H,5-6,12-13H2,1H3,(H,24,27)/t18-,19-/m1/s1. The molecule has 5 heteroatoms. The second-order valence-corrected chi connectivity index (χ2v) is 7.37. The van der Waals surface area contributed by atoms with Gasteiger partial charge in [0.25, 0.3) is 5.91 Å². The fourth-order valence-corrected chi connectivity index (χ4v) is 3.88. The van der Waals surface area contributed by atoms with E-state index in [9.17, 15) is 14.7 Å². The maximum absolute atomic E-state index is 12.9. The van der Waals surface area contributed by atoms with Crippen molar-refractivity contribution in [1.29, 1.82) is 0 Å². The van der Waals surface area contributed by atoms with Crippen LogP contribution in [0.15, 0.2) is 57.7 Å². The fraction of sp³-hybridized carbons (Fsp3) is 0.304. The monoisotopic (exact) mass is 377 g/mol. The Morgan fingerprint density at radius 3 is 2.57 bits per heavy atom. The van der Waals surface area contributed by atoms with Crippen LogP contribution in [0, 0.1) is 6.92 Å². The second-order valence-electron chi connectivity index (χ2n) is 7.37. The third-order valence-electron chi connectivity index (χ3n) is 5.47. The van der Waals surface area contributed by atoms with Gasteiger partial charge in [0.05, 0.1) is 23.1 Å². The van der Waals surface area contributed by atoms with E-state index in [1.165, 1.54) is 0 Å². The summed E-state index contributed by atoms with van der Waals surface area (Å²) in [6.45, 7) is 1.73. The van der Waals surface area contributed by atoms with E-state index in [4.69, 9.17) is 4.42 Å². The van der Waals surface area contributed by atoms with E-state index in [0.29, 0.717) is 28.7 Å². The van der Waals surface area contributed by atoms with Crippen molar-refractivity contribution in [2.45, 2.75) is 44.8 Å². The van der Waals surface area contributed by atoms with E-state index in [1.54, 1.807) is 25.1 Å². The van der Waals surface area contributed by atoms with Gasteiger partial charge in [0, 0.05) is 11.1 Å². The van der Waals surface area contributed by atoms with E-state index in [-0.39, 0.29) is 23.0 Å². The largest absolute Gasteiger partial charge is 0.455 e. The van der Waals surface area contributed by atoms with E-state index < -0.39 is 6.10 Å². The molecule has 1 fully saturated rings. The number of para-hydroxylation sites is 1. The number of carbonyl (C=O) groups is 1. The lowest BCUT2D eigenvalue weighted by Crippen LogP contribution is -2.45. The van der Waals surface area contributed by atoms with Crippen molar-refractivity contribution in [3.63, 3.8) is 0 Å². The normalized spacial score (nSPS) is 19.5. The molecule has 0 aliphatic heterocycles. The molecule has 0 unspecified atom stereocenters. The number of aliphatic hydroxyl groups is 1. The molecule has 28 heavy (non-hydrogen) atoms. The number of fused-ring (bicyclic) bond motifs is 1. The molecular formula is C23H23NO4. The highest BCUT2D eigenvalue weighted by Gasteiger charge is 2.26. The van der Waals surface area contributed by atoms with Crippen LogP contribution >= 0.6 is 0 Å². The Hall–Kier alpha value is -2.92. The van der Waals surface area contributed by atoms with Crippen LogP contribution in [0.2, 0.25) is 0 Å². The third-order valence-corrected chi connectivity index (χ3v) is 5.47. The molecule has 0 saturated heterocycles. The summed E-state index contributed by atoms with van der Waals surface area (Å²) in [4.78, 5) is 25.8. The lowest BCUT2D eigenvalue weighted by molar-refractivity contribution is 0.0717. The summed E-state index contributed by atoms with van der Waals surface area (Å²) in [5.41, 5.74) is 1.74. The molecule has 1 heterocycles. The molecule has 0 bridgehead atoms. The van der Waals surface area contributed by atoms with Crippen molar-refractivity contribution in [3.05, 3.63) is 69.9 Å². The molecule has 0 radical (unpaired) electrons. The predicted molar refractivity (Wildman–Crippen MR) is 108 cm³/mol. The van der Waals surface area contributed by atoms with E-state index in [2.05, 4.69) is 5.32 Å². The molecule has 2 aromatic carbocycles. The zero-order valence-corrected chi connectivity index (χ0v) is 15.8. The van der Waals surface area contributed by atoms with Gasteiger partial charge in [0.1, 0.15) is 5.76 Å². The van der Waals surface area contributed by atoms with Gasteiger partial charge in [-0.15, -0.1) is 0 Å². The van der Waals surface area contributed by atoms with Gasteiger partial charge in [-0.3, -0.25) is 9.59 Å². The van der Waals surface area contributed by atoms with Crippen LogP contribution in [0.4, 0.5) is 0 Å². The quantitative estimate of drug-likeness (QED) is 0.728. The van der Waals surface area contributed by atoms with Gasteiger partial charge < -0.3 is 14.8 Å². The predicted octanol–water partition coefficient (Wildman–Crippen LogP) is 3.80. The van der Waals surface area contributed by atoms with Gasteiger partial charge in [-0.2, -0.15) is 0 Å². The summed E-state index contributed by atoms with van der Waals surface area (Å²) in [6.07, 6.45) is 2.84. The highest BCUT2D eigenvalue weighted by molar-refractivity contribution is 6.05. The highest BCUT2D eigenvalue weighted by Crippen LogP contribution is 2.27. The number of benzene rings is 2. The summed E-state index contributed by atoms with van der Waals surface area (Å²) in [5.74, 6) is 0.138. The third kappa shape index (κ3) is 3.34. The molecule has 1 saturated carbocycles. The molecule has 1 aliphatic rings. The molecule has 1 aliphatic carbocycles.